The van der Waals surface area contributed by atoms with E-state index < -0.39 is 23.8 Å². The zero-order chi connectivity index (χ0) is 16.0. The molecule has 0 spiro atoms. The lowest BCUT2D eigenvalue weighted by atomic mass is 10.1. The molecule has 1 unspecified atom stereocenters. The Hall–Kier alpha value is -2.23. The number of benzene rings is 1. The van der Waals surface area contributed by atoms with E-state index in [-0.39, 0.29) is 17.9 Å². The normalized spacial score (nSPS) is 12.4. The molecule has 21 heavy (non-hydrogen) atoms. The van der Waals surface area contributed by atoms with Crippen LogP contribution in [0.15, 0.2) is 18.2 Å². The van der Waals surface area contributed by atoms with Gasteiger partial charge in [-0.05, 0) is 31.5 Å². The molecule has 0 saturated heterocycles. The summed E-state index contributed by atoms with van der Waals surface area (Å²) in [6.45, 7) is 3.59. The largest absolute Gasteiger partial charge is 0.464 e. The zero-order valence-corrected chi connectivity index (χ0v) is 11.6. The van der Waals surface area contributed by atoms with Crippen LogP contribution in [0.4, 0.5) is 18.9 Å². The Balaban J connectivity index is 3.03. The maximum absolute atomic E-state index is 12.6. The second-order valence-electron chi connectivity index (χ2n) is 4.23. The molecule has 0 heterocycles. The Morgan fingerprint density at radius 2 is 2.10 bits per heavy atom. The van der Waals surface area contributed by atoms with E-state index in [9.17, 15) is 18.0 Å². The number of rotatable bonds is 5. The molecule has 0 aliphatic heterocycles. The zero-order valence-electron chi connectivity index (χ0n) is 11.6. The highest BCUT2D eigenvalue weighted by Crippen LogP contribution is 2.31. The molecule has 7 heteroatoms. The molecule has 0 saturated carbocycles. The van der Waals surface area contributed by atoms with Gasteiger partial charge in [0.15, 0.2) is 0 Å². The lowest BCUT2D eigenvalue weighted by molar-refractivity contribution is -0.144. The van der Waals surface area contributed by atoms with Crippen LogP contribution < -0.4 is 5.32 Å². The van der Waals surface area contributed by atoms with Crippen molar-refractivity contribution in [2.45, 2.75) is 32.5 Å². The van der Waals surface area contributed by atoms with Crippen LogP contribution in [0, 0.1) is 11.3 Å². The molecule has 0 aliphatic carbocycles. The van der Waals surface area contributed by atoms with Gasteiger partial charge in [0.25, 0.3) is 0 Å². The summed E-state index contributed by atoms with van der Waals surface area (Å²) in [6, 6.07) is 3.73. The summed E-state index contributed by atoms with van der Waals surface area (Å²) in [5.74, 6) is -0.510. The van der Waals surface area contributed by atoms with Gasteiger partial charge in [0, 0.05) is 0 Å². The standard InChI is InChI=1S/C14H15F3N2O2/c1-3-11(13(20)21-4-2)19-12-6-5-10(14(15,16)17)7-9(12)8-18/h5-7,11,19H,3-4H2,1-2H3. The minimum Gasteiger partial charge on any atom is -0.464 e. The molecule has 0 radical (unpaired) electrons. The van der Waals surface area contributed by atoms with E-state index in [4.69, 9.17) is 10.00 Å². The molecule has 4 nitrogen and oxygen atoms in total. The van der Waals surface area contributed by atoms with Crippen LogP contribution in [0.1, 0.15) is 31.4 Å². The summed E-state index contributed by atoms with van der Waals surface area (Å²) in [4.78, 5) is 11.7. The third kappa shape index (κ3) is 4.38. The van der Waals surface area contributed by atoms with Crippen molar-refractivity contribution in [1.82, 2.24) is 0 Å². The van der Waals surface area contributed by atoms with Crippen molar-refractivity contribution >= 4 is 11.7 Å². The molecule has 114 valence electrons. The molecule has 1 rings (SSSR count). The van der Waals surface area contributed by atoms with Crippen molar-refractivity contribution in [3.05, 3.63) is 29.3 Å². The first-order valence-electron chi connectivity index (χ1n) is 6.38. The monoisotopic (exact) mass is 300 g/mol. The maximum atomic E-state index is 12.6. The van der Waals surface area contributed by atoms with E-state index in [1.54, 1.807) is 19.9 Å². The fourth-order valence-electron chi connectivity index (χ4n) is 1.70. The fraction of sp³-hybridized carbons (Fsp3) is 0.429. The molecule has 0 amide bonds. The molecule has 1 atom stereocenters. The number of nitrogens with zero attached hydrogens (tertiary/aromatic N) is 1. The van der Waals surface area contributed by atoms with E-state index in [0.717, 1.165) is 18.2 Å². The topological polar surface area (TPSA) is 62.1 Å². The molecule has 0 aliphatic rings. The van der Waals surface area contributed by atoms with Gasteiger partial charge in [0.05, 0.1) is 23.4 Å². The summed E-state index contributed by atoms with van der Waals surface area (Å²) < 4.78 is 42.6. The molecule has 0 fully saturated rings. The van der Waals surface area contributed by atoms with Gasteiger partial charge in [-0.2, -0.15) is 18.4 Å². The first-order chi connectivity index (χ1) is 9.83. The Labute approximate surface area is 120 Å². The van der Waals surface area contributed by atoms with Crippen molar-refractivity contribution < 1.29 is 22.7 Å². The van der Waals surface area contributed by atoms with Crippen LogP contribution in [-0.4, -0.2) is 18.6 Å². The van der Waals surface area contributed by atoms with Crippen molar-refractivity contribution in [2.24, 2.45) is 0 Å². The van der Waals surface area contributed by atoms with E-state index in [1.165, 1.54) is 0 Å². The summed E-state index contributed by atoms with van der Waals surface area (Å²) in [5.41, 5.74) is -0.910. The van der Waals surface area contributed by atoms with Crippen molar-refractivity contribution in [3.8, 4) is 6.07 Å². The van der Waals surface area contributed by atoms with Gasteiger partial charge in [0.1, 0.15) is 12.1 Å². The number of esters is 1. The van der Waals surface area contributed by atoms with Gasteiger partial charge in [-0.3, -0.25) is 0 Å². The lowest BCUT2D eigenvalue weighted by Gasteiger charge is -2.18. The van der Waals surface area contributed by atoms with Crippen LogP contribution in [0.3, 0.4) is 0 Å². The van der Waals surface area contributed by atoms with Crippen LogP contribution in [-0.2, 0) is 15.7 Å². The number of carbonyl (C=O) groups is 1. The average Bonchev–Trinajstić information content (AvgIpc) is 2.43. The number of hydrogen-bond acceptors (Lipinski definition) is 4. The lowest BCUT2D eigenvalue weighted by Crippen LogP contribution is -2.31. The third-order valence-corrected chi connectivity index (χ3v) is 2.78. The van der Waals surface area contributed by atoms with Crippen LogP contribution in [0.5, 0.6) is 0 Å². The smallest absolute Gasteiger partial charge is 0.416 e. The number of hydrogen-bond donors (Lipinski definition) is 1. The number of halogens is 3. The molecule has 1 aromatic rings. The average molecular weight is 300 g/mol. The number of anilines is 1. The summed E-state index contributed by atoms with van der Waals surface area (Å²) in [5, 5.41) is 11.7. The van der Waals surface area contributed by atoms with Crippen molar-refractivity contribution in [2.75, 3.05) is 11.9 Å². The van der Waals surface area contributed by atoms with E-state index in [1.807, 2.05) is 0 Å². The third-order valence-electron chi connectivity index (χ3n) is 2.78. The minimum atomic E-state index is -4.52. The van der Waals surface area contributed by atoms with Gasteiger partial charge in [-0.25, -0.2) is 4.79 Å². The number of alkyl halides is 3. The highest BCUT2D eigenvalue weighted by Gasteiger charge is 2.31. The quantitative estimate of drug-likeness (QED) is 0.847. The summed E-state index contributed by atoms with van der Waals surface area (Å²) in [7, 11) is 0. The van der Waals surface area contributed by atoms with Gasteiger partial charge in [-0.1, -0.05) is 6.92 Å². The van der Waals surface area contributed by atoms with Crippen molar-refractivity contribution in [3.63, 3.8) is 0 Å². The van der Waals surface area contributed by atoms with Gasteiger partial charge < -0.3 is 10.1 Å². The first kappa shape index (κ1) is 16.8. The highest BCUT2D eigenvalue weighted by atomic mass is 19.4. The Morgan fingerprint density at radius 1 is 1.43 bits per heavy atom. The Kier molecular flexibility index (Phi) is 5.59. The predicted octanol–water partition coefficient (Wildman–Crippen LogP) is 3.33. The van der Waals surface area contributed by atoms with Gasteiger partial charge in [0.2, 0.25) is 0 Å². The van der Waals surface area contributed by atoms with Crippen LogP contribution in [0.2, 0.25) is 0 Å². The van der Waals surface area contributed by atoms with E-state index >= 15 is 0 Å². The predicted molar refractivity (Wildman–Crippen MR) is 70.5 cm³/mol. The number of nitrogens with one attached hydrogen (secondary N) is 1. The number of nitriles is 1. The Morgan fingerprint density at radius 3 is 2.57 bits per heavy atom. The number of ether oxygens (including phenoxy) is 1. The molecule has 1 N–H and O–H groups in total. The molecule has 0 aromatic heterocycles. The molecular formula is C14H15F3N2O2. The first-order valence-corrected chi connectivity index (χ1v) is 6.38. The highest BCUT2D eigenvalue weighted by molar-refractivity contribution is 5.80. The van der Waals surface area contributed by atoms with Crippen molar-refractivity contribution in [1.29, 1.82) is 5.26 Å². The minimum absolute atomic E-state index is 0.172. The second kappa shape index (κ2) is 6.97. The van der Waals surface area contributed by atoms with Gasteiger partial charge in [-0.15, -0.1) is 0 Å². The van der Waals surface area contributed by atoms with E-state index in [2.05, 4.69) is 5.32 Å². The van der Waals surface area contributed by atoms with Crippen LogP contribution in [0.25, 0.3) is 0 Å². The maximum Gasteiger partial charge on any atom is 0.416 e. The Bertz CT molecular complexity index is 550. The SMILES string of the molecule is CCOC(=O)C(CC)Nc1ccc(C(F)(F)F)cc1C#N. The van der Waals surface area contributed by atoms with Gasteiger partial charge >= 0.3 is 12.1 Å². The molecular weight excluding hydrogens is 285 g/mol. The number of carbonyl (C=O) groups excluding carboxylic acids is 1. The fourth-order valence-corrected chi connectivity index (χ4v) is 1.70. The molecule has 1 aromatic carbocycles. The summed E-state index contributed by atoms with van der Waals surface area (Å²) in [6.07, 6.45) is -4.14. The van der Waals surface area contributed by atoms with Crippen LogP contribution >= 0.6 is 0 Å². The van der Waals surface area contributed by atoms with E-state index in [0.29, 0.717) is 6.42 Å². The second-order valence-corrected chi connectivity index (χ2v) is 4.23. The summed E-state index contributed by atoms with van der Waals surface area (Å²) >= 11 is 0. The molecule has 0 bridgehead atoms.